The van der Waals surface area contributed by atoms with Crippen molar-refractivity contribution in [3.05, 3.63) is 30.3 Å². The van der Waals surface area contributed by atoms with Crippen LogP contribution >= 0.6 is 0 Å². The smallest absolute Gasteiger partial charge is 0.127 e. The molecule has 0 aliphatic heterocycles. The van der Waals surface area contributed by atoms with Crippen LogP contribution in [0, 0.1) is 0 Å². The molecule has 0 bridgehead atoms. The molecular formula is C10H15NO. The van der Waals surface area contributed by atoms with Gasteiger partial charge in [-0.2, -0.15) is 0 Å². The number of hydrogen-bond donors (Lipinski definition) is 1. The Labute approximate surface area is 73.6 Å². The highest BCUT2D eigenvalue weighted by atomic mass is 16.5. The molecule has 1 aromatic rings. The second kappa shape index (κ2) is 4.78. The lowest BCUT2D eigenvalue weighted by molar-refractivity contribution is 0.122. The monoisotopic (exact) mass is 165 g/mol. The van der Waals surface area contributed by atoms with Crippen LogP contribution in [0.25, 0.3) is 0 Å². The number of benzene rings is 1. The second-order valence-corrected chi connectivity index (χ2v) is 2.64. The zero-order valence-electron chi connectivity index (χ0n) is 7.58. The SMILES string of the molecule is CCC(Nc1ccccc1)OC. The summed E-state index contributed by atoms with van der Waals surface area (Å²) in [4.78, 5) is 0. The summed E-state index contributed by atoms with van der Waals surface area (Å²) in [6.45, 7) is 2.09. The molecule has 0 saturated heterocycles. The third-order valence-electron chi connectivity index (χ3n) is 1.76. The molecule has 2 nitrogen and oxygen atoms in total. The predicted octanol–water partition coefficient (Wildman–Crippen LogP) is 2.48. The highest BCUT2D eigenvalue weighted by Crippen LogP contribution is 2.08. The maximum atomic E-state index is 5.19. The Bertz CT molecular complexity index is 206. The Morgan fingerprint density at radius 1 is 1.33 bits per heavy atom. The molecule has 66 valence electrons. The average molecular weight is 165 g/mol. The lowest BCUT2D eigenvalue weighted by Crippen LogP contribution is -2.19. The third kappa shape index (κ3) is 2.55. The van der Waals surface area contributed by atoms with Crippen LogP contribution in [0.2, 0.25) is 0 Å². The molecule has 1 rings (SSSR count). The van der Waals surface area contributed by atoms with Crippen molar-refractivity contribution in [2.45, 2.75) is 19.6 Å². The van der Waals surface area contributed by atoms with Crippen molar-refractivity contribution in [1.29, 1.82) is 0 Å². The summed E-state index contributed by atoms with van der Waals surface area (Å²) in [5, 5.41) is 3.26. The van der Waals surface area contributed by atoms with Crippen molar-refractivity contribution in [2.75, 3.05) is 12.4 Å². The first-order chi connectivity index (χ1) is 5.86. The van der Waals surface area contributed by atoms with E-state index < -0.39 is 0 Å². The van der Waals surface area contributed by atoms with Gasteiger partial charge in [0.15, 0.2) is 0 Å². The Kier molecular flexibility index (Phi) is 3.61. The fraction of sp³-hybridized carbons (Fsp3) is 0.400. The Morgan fingerprint density at radius 2 is 2.00 bits per heavy atom. The number of anilines is 1. The average Bonchev–Trinajstić information content (AvgIpc) is 2.16. The van der Waals surface area contributed by atoms with E-state index >= 15 is 0 Å². The van der Waals surface area contributed by atoms with Gasteiger partial charge in [0.2, 0.25) is 0 Å². The van der Waals surface area contributed by atoms with Crippen molar-refractivity contribution >= 4 is 5.69 Å². The van der Waals surface area contributed by atoms with E-state index in [2.05, 4.69) is 12.2 Å². The van der Waals surface area contributed by atoms with Gasteiger partial charge in [-0.25, -0.2) is 0 Å². The summed E-state index contributed by atoms with van der Waals surface area (Å²) in [7, 11) is 1.71. The summed E-state index contributed by atoms with van der Waals surface area (Å²) >= 11 is 0. The van der Waals surface area contributed by atoms with Crippen LogP contribution in [0.4, 0.5) is 5.69 Å². The largest absolute Gasteiger partial charge is 0.362 e. The van der Waals surface area contributed by atoms with E-state index in [1.165, 1.54) is 0 Å². The number of nitrogens with one attached hydrogen (secondary N) is 1. The third-order valence-corrected chi connectivity index (χ3v) is 1.76. The maximum absolute atomic E-state index is 5.19. The second-order valence-electron chi connectivity index (χ2n) is 2.64. The molecular weight excluding hydrogens is 150 g/mol. The minimum absolute atomic E-state index is 0.118. The zero-order chi connectivity index (χ0) is 8.81. The summed E-state index contributed by atoms with van der Waals surface area (Å²) in [6, 6.07) is 10.1. The highest BCUT2D eigenvalue weighted by molar-refractivity contribution is 5.42. The van der Waals surface area contributed by atoms with E-state index in [4.69, 9.17) is 4.74 Å². The lowest BCUT2D eigenvalue weighted by Gasteiger charge is -2.15. The van der Waals surface area contributed by atoms with Crippen LogP contribution in [-0.2, 0) is 4.74 Å². The van der Waals surface area contributed by atoms with Crippen LogP contribution < -0.4 is 5.32 Å². The Morgan fingerprint density at radius 3 is 2.50 bits per heavy atom. The van der Waals surface area contributed by atoms with Gasteiger partial charge in [0.05, 0.1) is 0 Å². The van der Waals surface area contributed by atoms with Crippen LogP contribution in [0.15, 0.2) is 30.3 Å². The molecule has 0 aliphatic rings. The van der Waals surface area contributed by atoms with Crippen LogP contribution in [-0.4, -0.2) is 13.3 Å². The van der Waals surface area contributed by atoms with Crippen molar-refractivity contribution in [2.24, 2.45) is 0 Å². The van der Waals surface area contributed by atoms with E-state index in [1.54, 1.807) is 7.11 Å². The number of methoxy groups -OCH3 is 1. The molecule has 12 heavy (non-hydrogen) atoms. The summed E-state index contributed by atoms with van der Waals surface area (Å²) in [5.74, 6) is 0. The van der Waals surface area contributed by atoms with E-state index in [-0.39, 0.29) is 6.23 Å². The molecule has 1 unspecified atom stereocenters. The van der Waals surface area contributed by atoms with Gasteiger partial charge in [0, 0.05) is 12.8 Å². The van der Waals surface area contributed by atoms with Gasteiger partial charge in [-0.15, -0.1) is 0 Å². The lowest BCUT2D eigenvalue weighted by atomic mass is 10.3. The van der Waals surface area contributed by atoms with Gasteiger partial charge in [-0.3, -0.25) is 0 Å². The molecule has 0 spiro atoms. The van der Waals surface area contributed by atoms with E-state index in [9.17, 15) is 0 Å². The molecule has 2 heteroatoms. The molecule has 0 aliphatic carbocycles. The fourth-order valence-electron chi connectivity index (χ4n) is 1.05. The molecule has 0 saturated carbocycles. The first-order valence-electron chi connectivity index (χ1n) is 4.21. The molecule has 1 aromatic carbocycles. The molecule has 0 fully saturated rings. The molecule has 0 radical (unpaired) electrons. The van der Waals surface area contributed by atoms with E-state index in [0.29, 0.717) is 0 Å². The number of para-hydroxylation sites is 1. The van der Waals surface area contributed by atoms with Crippen molar-refractivity contribution in [1.82, 2.24) is 0 Å². The van der Waals surface area contributed by atoms with Crippen molar-refractivity contribution < 1.29 is 4.74 Å². The standard InChI is InChI=1S/C10H15NO/c1-3-10(12-2)11-9-7-5-4-6-8-9/h4-8,10-11H,3H2,1-2H3. The van der Waals surface area contributed by atoms with Gasteiger partial charge in [-0.1, -0.05) is 25.1 Å². The molecule has 0 aromatic heterocycles. The summed E-state index contributed by atoms with van der Waals surface area (Å²) < 4.78 is 5.19. The fourth-order valence-corrected chi connectivity index (χ4v) is 1.05. The number of rotatable bonds is 4. The highest BCUT2D eigenvalue weighted by Gasteiger charge is 2.01. The van der Waals surface area contributed by atoms with Crippen LogP contribution in [0.3, 0.4) is 0 Å². The van der Waals surface area contributed by atoms with Gasteiger partial charge >= 0.3 is 0 Å². The normalized spacial score (nSPS) is 12.5. The quantitative estimate of drug-likeness (QED) is 0.692. The summed E-state index contributed by atoms with van der Waals surface area (Å²) in [5.41, 5.74) is 1.10. The minimum Gasteiger partial charge on any atom is -0.362 e. The topological polar surface area (TPSA) is 21.3 Å². The van der Waals surface area contributed by atoms with E-state index in [0.717, 1.165) is 12.1 Å². The molecule has 1 atom stereocenters. The Hall–Kier alpha value is -1.02. The molecule has 0 heterocycles. The van der Waals surface area contributed by atoms with Gasteiger partial charge in [-0.05, 0) is 18.6 Å². The molecule has 1 N–H and O–H groups in total. The van der Waals surface area contributed by atoms with Crippen molar-refractivity contribution in [3.63, 3.8) is 0 Å². The van der Waals surface area contributed by atoms with Crippen LogP contribution in [0.5, 0.6) is 0 Å². The zero-order valence-corrected chi connectivity index (χ0v) is 7.58. The number of hydrogen-bond acceptors (Lipinski definition) is 2. The first-order valence-corrected chi connectivity index (χ1v) is 4.21. The predicted molar refractivity (Wildman–Crippen MR) is 51.2 cm³/mol. The van der Waals surface area contributed by atoms with Crippen LogP contribution in [0.1, 0.15) is 13.3 Å². The number of ether oxygens (including phenoxy) is 1. The minimum atomic E-state index is 0.118. The Balaban J connectivity index is 2.51. The molecule has 0 amide bonds. The van der Waals surface area contributed by atoms with Gasteiger partial charge in [0.1, 0.15) is 6.23 Å². The van der Waals surface area contributed by atoms with Gasteiger partial charge < -0.3 is 10.1 Å². The summed E-state index contributed by atoms with van der Waals surface area (Å²) in [6.07, 6.45) is 1.08. The van der Waals surface area contributed by atoms with Crippen molar-refractivity contribution in [3.8, 4) is 0 Å². The maximum Gasteiger partial charge on any atom is 0.127 e. The van der Waals surface area contributed by atoms with E-state index in [1.807, 2.05) is 30.3 Å². The van der Waals surface area contributed by atoms with Gasteiger partial charge in [0.25, 0.3) is 0 Å². The first kappa shape index (κ1) is 9.07.